The van der Waals surface area contributed by atoms with E-state index in [1.807, 2.05) is 0 Å². The summed E-state index contributed by atoms with van der Waals surface area (Å²) in [5, 5.41) is 0. The van der Waals surface area contributed by atoms with Gasteiger partial charge in [-0.05, 0) is 55.3 Å². The van der Waals surface area contributed by atoms with Gasteiger partial charge in [0.05, 0.1) is 11.7 Å². The van der Waals surface area contributed by atoms with Crippen molar-refractivity contribution in [1.29, 1.82) is 0 Å². The van der Waals surface area contributed by atoms with Crippen LogP contribution in [0.4, 0.5) is 0 Å². The van der Waals surface area contributed by atoms with E-state index in [1.165, 1.54) is 55.8 Å². The summed E-state index contributed by atoms with van der Waals surface area (Å²) >= 11 is 2.61. The summed E-state index contributed by atoms with van der Waals surface area (Å²) in [5.74, 6) is 2.66. The molecule has 0 saturated heterocycles. The van der Waals surface area contributed by atoms with Crippen LogP contribution in [-0.4, -0.2) is 16.1 Å². The molecule has 0 amide bonds. The average Bonchev–Trinajstić information content (AvgIpc) is 3.01. The van der Waals surface area contributed by atoms with Crippen molar-refractivity contribution in [2.75, 3.05) is 4.43 Å². The molecular weight excluding hydrogens is 359 g/mol. The highest BCUT2D eigenvalue weighted by molar-refractivity contribution is 14.1. The standard InChI is InChI=1S/C18H31IO/c1-4-13-6-5-7-16(10-13)20-18(12-19)15-9-8-14(11-15)17(18,2)3/h13-16H,4-12H2,1-3H3. The molecule has 0 aromatic heterocycles. The molecule has 3 aliphatic carbocycles. The van der Waals surface area contributed by atoms with E-state index >= 15 is 0 Å². The summed E-state index contributed by atoms with van der Waals surface area (Å²) in [7, 11) is 0. The van der Waals surface area contributed by atoms with E-state index in [2.05, 4.69) is 43.4 Å². The molecule has 0 aromatic carbocycles. The van der Waals surface area contributed by atoms with Crippen LogP contribution in [0.1, 0.15) is 72.1 Å². The fourth-order valence-electron chi connectivity index (χ4n) is 5.51. The van der Waals surface area contributed by atoms with Crippen LogP contribution < -0.4 is 0 Å². The summed E-state index contributed by atoms with van der Waals surface area (Å²) in [6, 6.07) is 0. The zero-order chi connectivity index (χ0) is 14.4. The Kier molecular flexibility index (Phi) is 4.45. The van der Waals surface area contributed by atoms with Crippen molar-refractivity contribution in [2.24, 2.45) is 23.2 Å². The summed E-state index contributed by atoms with van der Waals surface area (Å²) < 4.78 is 8.15. The molecule has 3 fully saturated rings. The summed E-state index contributed by atoms with van der Waals surface area (Å²) in [4.78, 5) is 0. The largest absolute Gasteiger partial charge is 0.370 e. The van der Waals surface area contributed by atoms with Gasteiger partial charge in [-0.25, -0.2) is 0 Å². The second-order valence-electron chi connectivity index (χ2n) is 8.13. The number of halogens is 1. The van der Waals surface area contributed by atoms with Gasteiger partial charge in [0.2, 0.25) is 0 Å². The number of alkyl halides is 1. The Bertz CT molecular complexity index is 353. The van der Waals surface area contributed by atoms with E-state index in [9.17, 15) is 0 Å². The van der Waals surface area contributed by atoms with Gasteiger partial charge in [0.25, 0.3) is 0 Å². The highest BCUT2D eigenvalue weighted by Crippen LogP contribution is 2.64. The number of rotatable bonds is 4. The minimum absolute atomic E-state index is 0.177. The van der Waals surface area contributed by atoms with E-state index in [1.54, 1.807) is 0 Å². The van der Waals surface area contributed by atoms with E-state index in [4.69, 9.17) is 4.74 Å². The van der Waals surface area contributed by atoms with Crippen molar-refractivity contribution in [3.8, 4) is 0 Å². The third-order valence-electron chi connectivity index (χ3n) is 7.09. The lowest BCUT2D eigenvalue weighted by Crippen LogP contribution is -2.55. The molecule has 3 saturated carbocycles. The number of fused-ring (bicyclic) bond motifs is 2. The fourth-order valence-corrected chi connectivity index (χ4v) is 7.30. The van der Waals surface area contributed by atoms with Crippen molar-refractivity contribution >= 4 is 22.6 Å². The predicted octanol–water partition coefficient (Wildman–Crippen LogP) is 5.60. The van der Waals surface area contributed by atoms with Gasteiger partial charge in [0.15, 0.2) is 0 Å². The lowest BCUT2D eigenvalue weighted by Gasteiger charge is -2.51. The van der Waals surface area contributed by atoms with Crippen LogP contribution in [-0.2, 0) is 4.74 Å². The first-order chi connectivity index (χ1) is 9.53. The summed E-state index contributed by atoms with van der Waals surface area (Å²) in [6.07, 6.45) is 11.6. The Morgan fingerprint density at radius 3 is 2.40 bits per heavy atom. The maximum atomic E-state index is 6.96. The number of ether oxygens (including phenoxy) is 1. The second-order valence-corrected chi connectivity index (χ2v) is 8.90. The minimum atomic E-state index is 0.177. The molecule has 2 bridgehead atoms. The Morgan fingerprint density at radius 1 is 1.05 bits per heavy atom. The van der Waals surface area contributed by atoms with Crippen LogP contribution in [0.2, 0.25) is 0 Å². The molecule has 0 spiro atoms. The first kappa shape index (κ1) is 15.6. The van der Waals surface area contributed by atoms with Crippen molar-refractivity contribution in [2.45, 2.75) is 83.8 Å². The molecule has 0 aromatic rings. The zero-order valence-corrected chi connectivity index (χ0v) is 15.6. The second kappa shape index (κ2) is 5.72. The fraction of sp³-hybridized carbons (Fsp3) is 1.00. The third kappa shape index (κ3) is 2.28. The van der Waals surface area contributed by atoms with Gasteiger partial charge in [0, 0.05) is 4.43 Å². The summed E-state index contributed by atoms with van der Waals surface area (Å²) in [5.41, 5.74) is 0.563. The smallest absolute Gasteiger partial charge is 0.0856 e. The molecule has 116 valence electrons. The quantitative estimate of drug-likeness (QED) is 0.448. The van der Waals surface area contributed by atoms with Crippen LogP contribution in [0.5, 0.6) is 0 Å². The van der Waals surface area contributed by atoms with Crippen LogP contribution in [0.25, 0.3) is 0 Å². The molecule has 0 heterocycles. The molecule has 0 N–H and O–H groups in total. The number of hydrogen-bond acceptors (Lipinski definition) is 1. The number of hydrogen-bond donors (Lipinski definition) is 0. The third-order valence-corrected chi connectivity index (χ3v) is 8.22. The molecule has 1 nitrogen and oxygen atoms in total. The monoisotopic (exact) mass is 390 g/mol. The maximum absolute atomic E-state index is 6.96. The zero-order valence-electron chi connectivity index (χ0n) is 13.5. The molecule has 3 rings (SSSR count). The molecule has 0 aliphatic heterocycles. The molecule has 0 radical (unpaired) electrons. The first-order valence-corrected chi connectivity index (χ1v) is 10.3. The van der Waals surface area contributed by atoms with Crippen molar-refractivity contribution < 1.29 is 4.74 Å². The van der Waals surface area contributed by atoms with Crippen LogP contribution in [0.15, 0.2) is 0 Å². The van der Waals surface area contributed by atoms with E-state index < -0.39 is 0 Å². The van der Waals surface area contributed by atoms with Gasteiger partial charge < -0.3 is 4.74 Å². The lowest BCUT2D eigenvalue weighted by atomic mass is 9.66. The predicted molar refractivity (Wildman–Crippen MR) is 93.4 cm³/mol. The highest BCUT2D eigenvalue weighted by Gasteiger charge is 2.63. The van der Waals surface area contributed by atoms with Crippen LogP contribution >= 0.6 is 22.6 Å². The topological polar surface area (TPSA) is 9.23 Å². The minimum Gasteiger partial charge on any atom is -0.370 e. The maximum Gasteiger partial charge on any atom is 0.0856 e. The van der Waals surface area contributed by atoms with E-state index in [0.717, 1.165) is 17.8 Å². The molecule has 3 aliphatic rings. The Balaban J connectivity index is 1.76. The Labute approximate surface area is 138 Å². The molecule has 5 atom stereocenters. The van der Waals surface area contributed by atoms with Gasteiger partial charge in [-0.3, -0.25) is 0 Å². The SMILES string of the molecule is CCC1CCCC(OC2(CI)C3CCC(C3)C2(C)C)C1. The highest BCUT2D eigenvalue weighted by atomic mass is 127. The van der Waals surface area contributed by atoms with E-state index in [0.29, 0.717) is 11.5 Å². The Morgan fingerprint density at radius 2 is 1.80 bits per heavy atom. The van der Waals surface area contributed by atoms with Gasteiger partial charge in [-0.2, -0.15) is 0 Å². The van der Waals surface area contributed by atoms with Gasteiger partial charge in [0.1, 0.15) is 0 Å². The van der Waals surface area contributed by atoms with Crippen molar-refractivity contribution in [3.63, 3.8) is 0 Å². The molecule has 20 heavy (non-hydrogen) atoms. The lowest BCUT2D eigenvalue weighted by molar-refractivity contribution is -0.178. The normalized spacial score (nSPS) is 46.8. The van der Waals surface area contributed by atoms with E-state index in [-0.39, 0.29) is 5.60 Å². The first-order valence-electron chi connectivity index (χ1n) is 8.77. The van der Waals surface area contributed by atoms with Crippen molar-refractivity contribution in [1.82, 2.24) is 0 Å². The molecule has 5 unspecified atom stereocenters. The van der Waals surface area contributed by atoms with Gasteiger partial charge >= 0.3 is 0 Å². The van der Waals surface area contributed by atoms with Gasteiger partial charge in [-0.15, -0.1) is 0 Å². The summed E-state index contributed by atoms with van der Waals surface area (Å²) in [6.45, 7) is 7.34. The van der Waals surface area contributed by atoms with Crippen LogP contribution in [0.3, 0.4) is 0 Å². The Hall–Kier alpha value is 0.690. The van der Waals surface area contributed by atoms with Crippen LogP contribution in [0, 0.1) is 23.2 Å². The van der Waals surface area contributed by atoms with Gasteiger partial charge in [-0.1, -0.05) is 62.6 Å². The average molecular weight is 390 g/mol. The van der Waals surface area contributed by atoms with Crippen molar-refractivity contribution in [3.05, 3.63) is 0 Å². The molecular formula is C18H31IO. The molecule has 2 heteroatoms.